The summed E-state index contributed by atoms with van der Waals surface area (Å²) >= 11 is 2.37. The fourth-order valence-electron chi connectivity index (χ4n) is 5.37. The van der Waals surface area contributed by atoms with Gasteiger partial charge in [-0.15, -0.1) is 11.8 Å². The Kier molecular flexibility index (Phi) is 18.1. The molecule has 20 nitrogen and oxygen atoms in total. The van der Waals surface area contributed by atoms with Crippen molar-refractivity contribution in [1.29, 1.82) is 0 Å². The van der Waals surface area contributed by atoms with E-state index < -0.39 is 57.9 Å². The number of aromatic hydroxyl groups is 1. The number of rotatable bonds is 22. The molecule has 0 bridgehead atoms. The van der Waals surface area contributed by atoms with Gasteiger partial charge in [0.1, 0.15) is 28.5 Å². The summed E-state index contributed by atoms with van der Waals surface area (Å²) in [7, 11) is 0. The number of aromatic nitrogens is 1. The van der Waals surface area contributed by atoms with E-state index in [2.05, 4.69) is 21.1 Å². The highest BCUT2D eigenvalue weighted by Gasteiger charge is 2.55. The van der Waals surface area contributed by atoms with Gasteiger partial charge in [0.15, 0.2) is 30.4 Å². The van der Waals surface area contributed by atoms with Crippen LogP contribution in [0.5, 0.6) is 5.75 Å². The molecule has 0 radical (unpaired) electrons. The minimum Gasteiger partial charge on any atom is -0.503 e. The molecule has 1 aromatic rings. The molecule has 1 unspecified atom stereocenters. The Balaban J connectivity index is 1.81. The summed E-state index contributed by atoms with van der Waals surface area (Å²) in [4.78, 5) is 82.2. The number of nitrogens with zero attached hydrogens (tertiary/aromatic N) is 4. The summed E-state index contributed by atoms with van der Waals surface area (Å²) in [6.45, 7) is 10.0. The van der Waals surface area contributed by atoms with Crippen molar-refractivity contribution in [2.75, 3.05) is 25.4 Å². The van der Waals surface area contributed by atoms with Gasteiger partial charge in [0.2, 0.25) is 11.0 Å². The number of nitrogens with two attached hydrogens (primary N) is 2. The van der Waals surface area contributed by atoms with E-state index >= 15 is 0 Å². The van der Waals surface area contributed by atoms with E-state index in [0.717, 1.165) is 42.0 Å². The normalized spacial score (nSPS) is 18.0. The Labute approximate surface area is 360 Å². The SMILES string of the molecule is CCC/C=C/[N+](=C\C(N)=C(/C)NCCNC(=O)c1cc(=O)c(O)cn1O)CC1=C(C(=O)O)N2C(=O)[C@@H](NC(=O)C(=N\OC(C)(C)C(=O)O)/C(C)=C/S/C(N)=C/CCC)C2SC1. The second-order valence-electron chi connectivity index (χ2n) is 14.3. The number of hydrogen-bond donors (Lipinski definition) is 9. The Bertz CT molecular complexity index is 2160. The fraction of sp³-hybridized carbons (Fsp3) is 0.436. The van der Waals surface area contributed by atoms with Crippen LogP contribution in [0.4, 0.5) is 0 Å². The largest absolute Gasteiger partial charge is 0.503 e. The quantitative estimate of drug-likeness (QED) is 0.0201. The average molecular weight is 889 g/mol. The maximum atomic E-state index is 13.7. The minimum atomic E-state index is -1.79. The van der Waals surface area contributed by atoms with Crippen LogP contribution >= 0.6 is 23.5 Å². The standard InChI is InChI=1S/C39H53N9O11S2/c1-7-9-11-15-46(18-25(40)23(4)42-13-14-43-33(51)26-16-27(49)28(50)19-47(26)58)17-24-21-61-36-31(35(53)48(36)32(24)37(54)55)44-34(52)30(45-59-39(5,6)38(56)57)22(3)20-60-29(41)12-10-8-2/h11-12,15-16,18-20,31,36,58H,7-10,13-14,17,21,40-41H2,1-6H3,(H5,43,44,50,51,52,54,55,56,57)/p+1/b15-11+,22-20+,29-12+,45-30-/t31-,36?/m1/s1. The number of unbranched alkanes of at least 4 members (excludes halogenated alkanes) is 2. The molecule has 0 spiro atoms. The summed E-state index contributed by atoms with van der Waals surface area (Å²) in [6, 6.07) is -0.344. The highest BCUT2D eigenvalue weighted by Crippen LogP contribution is 2.40. The summed E-state index contributed by atoms with van der Waals surface area (Å²) < 4.78 is 2.02. The molecule has 332 valence electrons. The third-order valence-electron chi connectivity index (χ3n) is 8.92. The first-order chi connectivity index (χ1) is 28.7. The lowest BCUT2D eigenvalue weighted by Crippen LogP contribution is -2.71. The van der Waals surface area contributed by atoms with Crippen LogP contribution in [0.3, 0.4) is 0 Å². The summed E-state index contributed by atoms with van der Waals surface area (Å²) in [5.74, 6) is -5.50. The van der Waals surface area contributed by atoms with Crippen molar-refractivity contribution in [2.24, 2.45) is 16.6 Å². The first-order valence-corrected chi connectivity index (χ1v) is 21.1. The molecule has 0 saturated carbocycles. The van der Waals surface area contributed by atoms with Gasteiger partial charge in [0, 0.05) is 36.2 Å². The number of aliphatic carboxylic acids is 2. The zero-order valence-corrected chi connectivity index (χ0v) is 36.4. The number of β-lactam (4-membered cyclic amide) rings is 1. The van der Waals surface area contributed by atoms with Crippen molar-refractivity contribution in [3.8, 4) is 5.75 Å². The smallest absolute Gasteiger partial charge is 0.352 e. The van der Waals surface area contributed by atoms with Gasteiger partial charge < -0.3 is 52.8 Å². The number of fused-ring (bicyclic) bond motifs is 1. The van der Waals surface area contributed by atoms with Crippen molar-refractivity contribution in [1.82, 2.24) is 25.6 Å². The topological polar surface area (TPSA) is 304 Å². The number of carboxylic acid groups (broad SMARTS) is 2. The van der Waals surface area contributed by atoms with Crippen LogP contribution in [0.25, 0.3) is 0 Å². The number of oxime groups is 1. The lowest BCUT2D eigenvalue weighted by molar-refractivity contribution is -0.442. The average Bonchev–Trinajstić information content (AvgIpc) is 3.20. The summed E-state index contributed by atoms with van der Waals surface area (Å²) in [5, 5.41) is 52.5. The zero-order chi connectivity index (χ0) is 45.6. The van der Waals surface area contributed by atoms with Gasteiger partial charge in [-0.3, -0.25) is 24.1 Å². The molecule has 1 fully saturated rings. The number of amides is 3. The molecular weight excluding hydrogens is 835 g/mol. The third kappa shape index (κ3) is 13.4. The minimum absolute atomic E-state index is 0.0346. The number of pyridine rings is 1. The number of thioether (sulfide) groups is 2. The van der Waals surface area contributed by atoms with Crippen LogP contribution in [0, 0.1) is 0 Å². The number of nitrogens with one attached hydrogen (secondary N) is 3. The lowest BCUT2D eigenvalue weighted by Gasteiger charge is -2.49. The van der Waals surface area contributed by atoms with Crippen molar-refractivity contribution in [3.05, 3.63) is 85.2 Å². The van der Waals surface area contributed by atoms with Gasteiger partial charge in [0.25, 0.3) is 17.7 Å². The molecule has 2 aliphatic rings. The second kappa shape index (κ2) is 22.4. The molecule has 3 amide bonds. The molecule has 2 atom stereocenters. The van der Waals surface area contributed by atoms with E-state index in [1.54, 1.807) is 36.2 Å². The molecule has 11 N–H and O–H groups in total. The molecular formula is C39H54N9O11S2+. The molecule has 1 saturated heterocycles. The van der Waals surface area contributed by atoms with Crippen LogP contribution in [-0.2, 0) is 24.0 Å². The van der Waals surface area contributed by atoms with Gasteiger partial charge in [-0.25, -0.2) is 9.59 Å². The maximum Gasteiger partial charge on any atom is 0.352 e. The fourth-order valence-corrected chi connectivity index (χ4v) is 7.34. The molecule has 61 heavy (non-hydrogen) atoms. The predicted molar refractivity (Wildman–Crippen MR) is 230 cm³/mol. The zero-order valence-electron chi connectivity index (χ0n) is 34.8. The highest BCUT2D eigenvalue weighted by atomic mass is 32.2. The van der Waals surface area contributed by atoms with Crippen molar-refractivity contribution in [3.63, 3.8) is 0 Å². The third-order valence-corrected chi connectivity index (χ3v) is 11.2. The van der Waals surface area contributed by atoms with Gasteiger partial charge in [-0.2, -0.15) is 9.31 Å². The van der Waals surface area contributed by atoms with Gasteiger partial charge in [-0.05, 0) is 57.6 Å². The number of carboxylic acids is 2. The first-order valence-electron chi connectivity index (χ1n) is 19.1. The van der Waals surface area contributed by atoms with Crippen LogP contribution in [0.1, 0.15) is 77.7 Å². The Morgan fingerprint density at radius 1 is 1.10 bits per heavy atom. The maximum absolute atomic E-state index is 13.7. The van der Waals surface area contributed by atoms with E-state index in [0.29, 0.717) is 33.6 Å². The van der Waals surface area contributed by atoms with Crippen molar-refractivity contribution >= 4 is 65.1 Å². The molecule has 0 aromatic carbocycles. The Morgan fingerprint density at radius 3 is 2.41 bits per heavy atom. The number of carbonyl (C=O) groups excluding carboxylic acids is 3. The van der Waals surface area contributed by atoms with E-state index in [1.807, 2.05) is 26.0 Å². The van der Waals surface area contributed by atoms with E-state index in [1.165, 1.54) is 25.6 Å². The van der Waals surface area contributed by atoms with Crippen LogP contribution < -0.4 is 32.8 Å². The lowest BCUT2D eigenvalue weighted by atomic mass is 10.0. The Hall–Kier alpha value is -6.16. The molecule has 2 aliphatic heterocycles. The van der Waals surface area contributed by atoms with Crippen LogP contribution in [-0.4, -0.2) is 119 Å². The molecule has 3 rings (SSSR count). The highest BCUT2D eigenvalue weighted by molar-refractivity contribution is 8.05. The molecule has 3 heterocycles. The first kappa shape index (κ1) is 49.2. The van der Waals surface area contributed by atoms with Crippen molar-refractivity contribution in [2.45, 2.75) is 84.2 Å². The predicted octanol–water partition coefficient (Wildman–Crippen LogP) is 1.91. The van der Waals surface area contributed by atoms with E-state index in [-0.39, 0.29) is 53.8 Å². The number of carbonyl (C=O) groups is 5. The molecule has 0 aliphatic carbocycles. The van der Waals surface area contributed by atoms with Gasteiger partial charge >= 0.3 is 11.9 Å². The summed E-state index contributed by atoms with van der Waals surface area (Å²) in [5.41, 5.74) is 10.4. The van der Waals surface area contributed by atoms with Crippen LogP contribution in [0.15, 0.2) is 79.2 Å². The monoisotopic (exact) mass is 888 g/mol. The second-order valence-corrected chi connectivity index (χ2v) is 16.3. The Morgan fingerprint density at radius 2 is 1.77 bits per heavy atom. The van der Waals surface area contributed by atoms with Gasteiger partial charge in [0.05, 0.1) is 11.2 Å². The molecule has 1 aromatic heterocycles. The van der Waals surface area contributed by atoms with E-state index in [4.69, 9.17) is 16.3 Å². The number of hydrogen-bond acceptors (Lipinski definition) is 15. The van der Waals surface area contributed by atoms with Crippen LogP contribution in [0.2, 0.25) is 0 Å². The molecule has 22 heteroatoms. The van der Waals surface area contributed by atoms with Gasteiger partial charge in [-0.1, -0.05) is 49.7 Å². The van der Waals surface area contributed by atoms with E-state index in [9.17, 15) is 49.3 Å². The summed E-state index contributed by atoms with van der Waals surface area (Å²) in [6.07, 6.45) is 10.9. The van der Waals surface area contributed by atoms with Crippen molar-refractivity contribution < 1.29 is 53.9 Å². The number of allylic oxidation sites excluding steroid dienone is 4.